The zero-order valence-corrected chi connectivity index (χ0v) is 10.8. The lowest BCUT2D eigenvalue weighted by Crippen LogP contribution is -1.96. The number of fused-ring (bicyclic) bond motifs is 1. The number of Topliss-reactive ketones (excluding diaryl/α,β-unsaturated/α-hetero) is 1. The number of hydrogen-bond acceptors (Lipinski definition) is 3. The third kappa shape index (κ3) is 1.95. The van der Waals surface area contributed by atoms with E-state index in [1.54, 1.807) is 18.2 Å². The van der Waals surface area contributed by atoms with Crippen molar-refractivity contribution >= 4 is 44.3 Å². The average molecular weight is 304 g/mol. The summed E-state index contributed by atoms with van der Waals surface area (Å²) in [7, 11) is 1.53. The highest BCUT2D eigenvalue weighted by molar-refractivity contribution is 9.09. The molecule has 0 unspecified atom stereocenters. The molecule has 0 aliphatic carbocycles. The number of ketones is 1. The molecule has 0 N–H and O–H groups in total. The molecular weight excluding hydrogens is 295 g/mol. The minimum absolute atomic E-state index is 0.105. The van der Waals surface area contributed by atoms with E-state index in [2.05, 4.69) is 15.9 Å². The third-order valence-corrected chi connectivity index (χ3v) is 2.99. The van der Waals surface area contributed by atoms with Gasteiger partial charge in [-0.1, -0.05) is 27.5 Å². The van der Waals surface area contributed by atoms with Crippen molar-refractivity contribution < 1.29 is 13.9 Å². The van der Waals surface area contributed by atoms with Crippen molar-refractivity contribution in [2.45, 2.75) is 0 Å². The zero-order valence-electron chi connectivity index (χ0n) is 8.42. The predicted molar refractivity (Wildman–Crippen MR) is 65.9 cm³/mol. The molecular formula is C11H8BrClO3. The second kappa shape index (κ2) is 4.47. The molecule has 0 atom stereocenters. The Morgan fingerprint density at radius 1 is 1.50 bits per heavy atom. The molecule has 0 spiro atoms. The molecule has 0 saturated carbocycles. The summed E-state index contributed by atoms with van der Waals surface area (Å²) in [6.45, 7) is 0. The summed E-state index contributed by atoms with van der Waals surface area (Å²) in [5.74, 6) is 0.740. The fraction of sp³-hybridized carbons (Fsp3) is 0.182. The second-order valence-electron chi connectivity index (χ2n) is 3.19. The van der Waals surface area contributed by atoms with E-state index >= 15 is 0 Å². The summed E-state index contributed by atoms with van der Waals surface area (Å²) >= 11 is 9.06. The lowest BCUT2D eigenvalue weighted by molar-refractivity contribution is 0.0995. The van der Waals surface area contributed by atoms with E-state index in [1.165, 1.54) is 7.11 Å². The van der Waals surface area contributed by atoms with Crippen LogP contribution in [0.3, 0.4) is 0 Å². The van der Waals surface area contributed by atoms with Crippen molar-refractivity contribution in [3.8, 4) is 5.75 Å². The van der Waals surface area contributed by atoms with Gasteiger partial charge >= 0.3 is 0 Å². The number of alkyl halides is 1. The molecule has 2 rings (SSSR count). The highest BCUT2D eigenvalue weighted by Gasteiger charge is 2.13. The monoisotopic (exact) mass is 302 g/mol. The molecule has 0 aliphatic rings. The first-order valence-corrected chi connectivity index (χ1v) is 6.02. The van der Waals surface area contributed by atoms with E-state index in [9.17, 15) is 4.79 Å². The van der Waals surface area contributed by atoms with Gasteiger partial charge in [0.2, 0.25) is 5.78 Å². The van der Waals surface area contributed by atoms with Gasteiger partial charge in [0, 0.05) is 11.5 Å². The van der Waals surface area contributed by atoms with Gasteiger partial charge in [-0.05, 0) is 12.1 Å². The smallest absolute Gasteiger partial charge is 0.208 e. The van der Waals surface area contributed by atoms with Crippen LogP contribution in [0, 0.1) is 0 Å². The number of rotatable bonds is 3. The van der Waals surface area contributed by atoms with E-state index < -0.39 is 0 Å². The second-order valence-corrected chi connectivity index (χ2v) is 4.16. The van der Waals surface area contributed by atoms with Crippen LogP contribution in [0.4, 0.5) is 0 Å². The van der Waals surface area contributed by atoms with Crippen LogP contribution in [0.1, 0.15) is 10.6 Å². The van der Waals surface area contributed by atoms with Crippen molar-refractivity contribution in [3.63, 3.8) is 0 Å². The Hall–Kier alpha value is -1.00. The zero-order chi connectivity index (χ0) is 11.7. The number of halogens is 2. The minimum Gasteiger partial charge on any atom is -0.495 e. The Morgan fingerprint density at radius 3 is 2.88 bits per heavy atom. The van der Waals surface area contributed by atoms with Gasteiger partial charge < -0.3 is 9.15 Å². The van der Waals surface area contributed by atoms with E-state index in [0.717, 1.165) is 5.39 Å². The predicted octanol–water partition coefficient (Wildman–Crippen LogP) is 3.67. The lowest BCUT2D eigenvalue weighted by atomic mass is 10.2. The fourth-order valence-corrected chi connectivity index (χ4v) is 1.93. The molecule has 0 saturated heterocycles. The molecule has 1 heterocycles. The molecule has 3 nitrogen and oxygen atoms in total. The average Bonchev–Trinajstić information content (AvgIpc) is 2.69. The van der Waals surface area contributed by atoms with Crippen LogP contribution in [0.5, 0.6) is 5.75 Å². The largest absolute Gasteiger partial charge is 0.495 e. The molecule has 2 aromatic rings. The molecule has 84 valence electrons. The number of carbonyl (C=O) groups excluding carboxylic acids is 1. The van der Waals surface area contributed by atoms with Crippen LogP contribution in [-0.4, -0.2) is 18.2 Å². The Morgan fingerprint density at radius 2 is 2.25 bits per heavy atom. The summed E-state index contributed by atoms with van der Waals surface area (Å²) in [5, 5.41) is 1.52. The Bertz CT molecular complexity index is 547. The van der Waals surface area contributed by atoms with Crippen LogP contribution in [0.25, 0.3) is 11.0 Å². The maximum Gasteiger partial charge on any atom is 0.208 e. The van der Waals surface area contributed by atoms with Crippen molar-refractivity contribution in [2.24, 2.45) is 0 Å². The molecule has 5 heteroatoms. The number of carbonyl (C=O) groups is 1. The first-order chi connectivity index (χ1) is 7.65. The standard InChI is InChI=1S/C11H8BrClO3/c1-15-10-4-9-6(2-7(10)13)3-11(16-9)8(14)5-12/h2-4H,5H2,1H3. The van der Waals surface area contributed by atoms with Crippen LogP contribution in [0.2, 0.25) is 5.02 Å². The van der Waals surface area contributed by atoms with E-state index in [1.807, 2.05) is 0 Å². The van der Waals surface area contributed by atoms with Crippen molar-refractivity contribution in [1.29, 1.82) is 0 Å². The third-order valence-electron chi connectivity index (χ3n) is 2.19. The quantitative estimate of drug-likeness (QED) is 0.641. The van der Waals surface area contributed by atoms with Crippen LogP contribution < -0.4 is 4.74 Å². The summed E-state index contributed by atoms with van der Waals surface area (Å²) in [6, 6.07) is 5.05. The van der Waals surface area contributed by atoms with E-state index in [-0.39, 0.29) is 11.1 Å². The highest BCUT2D eigenvalue weighted by Crippen LogP contribution is 2.31. The number of methoxy groups -OCH3 is 1. The first kappa shape index (κ1) is 11.5. The Kier molecular flexibility index (Phi) is 3.21. The SMILES string of the molecule is COc1cc2oc(C(=O)CBr)cc2cc1Cl. The number of benzene rings is 1. The van der Waals surface area contributed by atoms with Gasteiger partial charge in [-0.3, -0.25) is 4.79 Å². The molecule has 0 amide bonds. The summed E-state index contributed by atoms with van der Waals surface area (Å²) in [5.41, 5.74) is 0.588. The topological polar surface area (TPSA) is 39.4 Å². The van der Waals surface area contributed by atoms with Gasteiger partial charge in [-0.25, -0.2) is 0 Å². The maximum atomic E-state index is 11.4. The van der Waals surface area contributed by atoms with Crippen LogP contribution >= 0.6 is 27.5 Å². The van der Waals surface area contributed by atoms with E-state index in [0.29, 0.717) is 22.1 Å². The van der Waals surface area contributed by atoms with E-state index in [4.69, 9.17) is 20.8 Å². The van der Waals surface area contributed by atoms with Gasteiger partial charge in [0.05, 0.1) is 17.5 Å². The molecule has 0 radical (unpaired) electrons. The first-order valence-electron chi connectivity index (χ1n) is 4.52. The molecule has 0 bridgehead atoms. The molecule has 16 heavy (non-hydrogen) atoms. The molecule has 0 aliphatic heterocycles. The minimum atomic E-state index is -0.105. The fourth-order valence-electron chi connectivity index (χ4n) is 1.40. The number of ether oxygens (including phenoxy) is 1. The number of hydrogen-bond donors (Lipinski definition) is 0. The van der Waals surface area contributed by atoms with Crippen LogP contribution in [-0.2, 0) is 0 Å². The molecule has 0 fully saturated rings. The summed E-state index contributed by atoms with van der Waals surface area (Å²) in [6.07, 6.45) is 0. The van der Waals surface area contributed by atoms with Gasteiger partial charge in [0.1, 0.15) is 11.3 Å². The van der Waals surface area contributed by atoms with Crippen molar-refractivity contribution in [1.82, 2.24) is 0 Å². The Balaban J connectivity index is 2.58. The highest BCUT2D eigenvalue weighted by atomic mass is 79.9. The van der Waals surface area contributed by atoms with Crippen molar-refractivity contribution in [2.75, 3.05) is 12.4 Å². The van der Waals surface area contributed by atoms with Crippen LogP contribution in [0.15, 0.2) is 22.6 Å². The van der Waals surface area contributed by atoms with Crippen molar-refractivity contribution in [3.05, 3.63) is 29.0 Å². The Labute approximate surface area is 105 Å². The molecule has 1 aromatic heterocycles. The molecule has 1 aromatic carbocycles. The van der Waals surface area contributed by atoms with Gasteiger partial charge in [0.25, 0.3) is 0 Å². The maximum absolute atomic E-state index is 11.4. The normalized spacial score (nSPS) is 10.7. The summed E-state index contributed by atoms with van der Waals surface area (Å²) < 4.78 is 10.5. The van der Waals surface area contributed by atoms with Gasteiger partial charge in [-0.2, -0.15) is 0 Å². The summed E-state index contributed by atoms with van der Waals surface area (Å²) in [4.78, 5) is 11.4. The van der Waals surface area contributed by atoms with Gasteiger partial charge in [-0.15, -0.1) is 0 Å². The van der Waals surface area contributed by atoms with Gasteiger partial charge in [0.15, 0.2) is 5.76 Å². The lowest BCUT2D eigenvalue weighted by Gasteiger charge is -2.00. The number of furan rings is 1.